The Labute approximate surface area is 134 Å². The Hall–Kier alpha value is -2.89. The summed E-state index contributed by atoms with van der Waals surface area (Å²) in [5, 5.41) is 11.5. The summed E-state index contributed by atoms with van der Waals surface area (Å²) in [5.74, 6) is 2.61. The molecule has 0 aliphatic heterocycles. The maximum atomic E-state index is 8.54. The molecule has 122 valence electrons. The molecule has 0 atom stereocenters. The van der Waals surface area contributed by atoms with Crippen molar-refractivity contribution in [2.24, 2.45) is 5.16 Å². The van der Waals surface area contributed by atoms with E-state index in [2.05, 4.69) is 5.16 Å². The van der Waals surface area contributed by atoms with Gasteiger partial charge in [-0.1, -0.05) is 11.2 Å². The number of hydrogen-bond donors (Lipinski definition) is 1. The molecule has 0 radical (unpaired) electrons. The molecule has 2 aromatic rings. The molecule has 23 heavy (non-hydrogen) atoms. The summed E-state index contributed by atoms with van der Waals surface area (Å²) < 4.78 is 21.6. The van der Waals surface area contributed by atoms with Crippen LogP contribution in [0.2, 0.25) is 0 Å². The van der Waals surface area contributed by atoms with Crippen molar-refractivity contribution in [3.05, 3.63) is 48.0 Å². The van der Waals surface area contributed by atoms with Gasteiger partial charge in [-0.15, -0.1) is 0 Å². The number of ether oxygens (including phenoxy) is 4. The van der Waals surface area contributed by atoms with E-state index in [0.717, 1.165) is 11.5 Å². The minimum Gasteiger partial charge on any atom is -0.497 e. The molecule has 0 aliphatic carbocycles. The van der Waals surface area contributed by atoms with Crippen molar-refractivity contribution in [3.63, 3.8) is 0 Å². The van der Waals surface area contributed by atoms with Crippen molar-refractivity contribution < 1.29 is 24.2 Å². The third-order valence-electron chi connectivity index (χ3n) is 3.05. The van der Waals surface area contributed by atoms with Crippen LogP contribution in [0, 0.1) is 0 Å². The van der Waals surface area contributed by atoms with Crippen molar-refractivity contribution in [2.75, 3.05) is 27.4 Å². The van der Waals surface area contributed by atoms with Crippen LogP contribution < -0.4 is 18.9 Å². The normalized spacial score (nSPS) is 10.5. The summed E-state index contributed by atoms with van der Waals surface area (Å²) in [6.07, 6.45) is 1.32. The highest BCUT2D eigenvalue weighted by atomic mass is 16.5. The lowest BCUT2D eigenvalue weighted by Crippen LogP contribution is -2.09. The van der Waals surface area contributed by atoms with E-state index >= 15 is 0 Å². The van der Waals surface area contributed by atoms with Gasteiger partial charge in [0.1, 0.15) is 24.7 Å². The van der Waals surface area contributed by atoms with Gasteiger partial charge in [0.25, 0.3) is 0 Å². The topological polar surface area (TPSA) is 69.5 Å². The highest BCUT2D eigenvalue weighted by Gasteiger charge is 2.05. The second-order valence-corrected chi connectivity index (χ2v) is 4.53. The van der Waals surface area contributed by atoms with Gasteiger partial charge >= 0.3 is 0 Å². The van der Waals surface area contributed by atoms with Crippen LogP contribution in [0.25, 0.3) is 0 Å². The number of hydrogen-bond acceptors (Lipinski definition) is 6. The fourth-order valence-electron chi connectivity index (χ4n) is 1.95. The highest BCUT2D eigenvalue weighted by molar-refractivity contribution is 5.80. The van der Waals surface area contributed by atoms with Crippen molar-refractivity contribution in [3.8, 4) is 23.0 Å². The Morgan fingerprint density at radius 1 is 0.913 bits per heavy atom. The monoisotopic (exact) mass is 317 g/mol. The molecule has 6 nitrogen and oxygen atoms in total. The quantitative estimate of drug-likeness (QED) is 0.351. The lowest BCUT2D eigenvalue weighted by Gasteiger charge is -2.12. The average molecular weight is 317 g/mol. The van der Waals surface area contributed by atoms with E-state index in [9.17, 15) is 0 Å². The van der Waals surface area contributed by atoms with Gasteiger partial charge in [0, 0.05) is 11.6 Å². The van der Waals surface area contributed by atoms with Gasteiger partial charge in [-0.2, -0.15) is 0 Å². The highest BCUT2D eigenvalue weighted by Crippen LogP contribution is 2.27. The fourth-order valence-corrected chi connectivity index (χ4v) is 1.95. The molecule has 0 saturated carbocycles. The Bertz CT molecular complexity index is 657. The Morgan fingerprint density at radius 3 is 2.43 bits per heavy atom. The summed E-state index contributed by atoms with van der Waals surface area (Å²) in [6.45, 7) is 0.747. The van der Waals surface area contributed by atoms with Crippen molar-refractivity contribution in [1.29, 1.82) is 0 Å². The predicted molar refractivity (Wildman–Crippen MR) is 86.4 cm³/mol. The molecule has 1 N–H and O–H groups in total. The van der Waals surface area contributed by atoms with E-state index in [4.69, 9.17) is 24.2 Å². The lowest BCUT2D eigenvalue weighted by atomic mass is 10.2. The van der Waals surface area contributed by atoms with E-state index in [1.54, 1.807) is 32.4 Å². The number of oxime groups is 1. The molecule has 0 unspecified atom stereocenters. The van der Waals surface area contributed by atoms with Crippen LogP contribution in [0.1, 0.15) is 5.56 Å². The van der Waals surface area contributed by atoms with Crippen LogP contribution in [0.3, 0.4) is 0 Å². The van der Waals surface area contributed by atoms with E-state index in [1.807, 2.05) is 24.3 Å². The maximum absolute atomic E-state index is 8.54. The molecule has 0 spiro atoms. The molecule has 0 saturated heterocycles. The first-order valence-electron chi connectivity index (χ1n) is 7.02. The Morgan fingerprint density at radius 2 is 1.70 bits per heavy atom. The van der Waals surface area contributed by atoms with E-state index in [0.29, 0.717) is 30.3 Å². The van der Waals surface area contributed by atoms with Gasteiger partial charge < -0.3 is 24.2 Å². The number of benzene rings is 2. The van der Waals surface area contributed by atoms with Gasteiger partial charge in [0.15, 0.2) is 11.5 Å². The van der Waals surface area contributed by atoms with Crippen LogP contribution in [-0.2, 0) is 0 Å². The van der Waals surface area contributed by atoms with Crippen LogP contribution in [0.5, 0.6) is 23.0 Å². The molecule has 0 fully saturated rings. The average Bonchev–Trinajstić information content (AvgIpc) is 2.60. The molecular formula is C17H19NO5. The predicted octanol–water partition coefficient (Wildman–Crippen LogP) is 2.97. The molecule has 2 rings (SSSR count). The largest absolute Gasteiger partial charge is 0.497 e. The minimum atomic E-state index is 0.362. The van der Waals surface area contributed by atoms with Gasteiger partial charge in [-0.3, -0.25) is 0 Å². The third kappa shape index (κ3) is 4.81. The van der Waals surface area contributed by atoms with E-state index in [-0.39, 0.29) is 0 Å². The maximum Gasteiger partial charge on any atom is 0.161 e. The molecule has 0 aliphatic rings. The first-order chi connectivity index (χ1) is 11.3. The summed E-state index contributed by atoms with van der Waals surface area (Å²) in [4.78, 5) is 0. The van der Waals surface area contributed by atoms with Crippen LogP contribution in [0.15, 0.2) is 47.6 Å². The molecule has 0 bridgehead atoms. The number of rotatable bonds is 8. The SMILES string of the molecule is COc1cccc(OCCOc2ccc(C=NO)cc2OC)c1. The van der Waals surface area contributed by atoms with Crippen molar-refractivity contribution in [1.82, 2.24) is 0 Å². The molecular weight excluding hydrogens is 298 g/mol. The first kappa shape index (κ1) is 16.5. The third-order valence-corrected chi connectivity index (χ3v) is 3.05. The van der Waals surface area contributed by atoms with Crippen molar-refractivity contribution in [2.45, 2.75) is 0 Å². The number of methoxy groups -OCH3 is 2. The zero-order valence-corrected chi connectivity index (χ0v) is 13.1. The molecule has 0 aromatic heterocycles. The minimum absolute atomic E-state index is 0.362. The van der Waals surface area contributed by atoms with Gasteiger partial charge in [-0.05, 0) is 30.3 Å². The molecule has 0 amide bonds. The summed E-state index contributed by atoms with van der Waals surface area (Å²) in [7, 11) is 3.16. The Kier molecular flexibility index (Phi) is 6.11. The summed E-state index contributed by atoms with van der Waals surface area (Å²) >= 11 is 0. The van der Waals surface area contributed by atoms with Crippen LogP contribution in [-0.4, -0.2) is 38.9 Å². The Balaban J connectivity index is 1.88. The second kappa shape index (κ2) is 8.53. The van der Waals surface area contributed by atoms with Gasteiger partial charge in [-0.25, -0.2) is 0 Å². The fraction of sp³-hybridized carbons (Fsp3) is 0.235. The first-order valence-corrected chi connectivity index (χ1v) is 7.02. The second-order valence-electron chi connectivity index (χ2n) is 4.53. The number of nitrogens with zero attached hydrogens (tertiary/aromatic N) is 1. The molecule has 2 aromatic carbocycles. The summed E-state index contributed by atoms with van der Waals surface area (Å²) in [5.41, 5.74) is 0.712. The van der Waals surface area contributed by atoms with Gasteiger partial charge in [0.2, 0.25) is 0 Å². The van der Waals surface area contributed by atoms with E-state index in [1.165, 1.54) is 6.21 Å². The lowest BCUT2D eigenvalue weighted by molar-refractivity contribution is 0.211. The standard InChI is InChI=1S/C17H19NO5/c1-20-14-4-3-5-15(11-14)22-8-9-23-16-7-6-13(12-18-19)10-17(16)21-2/h3-7,10-12,19H,8-9H2,1-2H3. The summed E-state index contributed by atoms with van der Waals surface area (Å²) in [6, 6.07) is 12.6. The zero-order valence-electron chi connectivity index (χ0n) is 13.1. The molecule has 6 heteroatoms. The van der Waals surface area contributed by atoms with Gasteiger partial charge in [0.05, 0.1) is 20.4 Å². The smallest absolute Gasteiger partial charge is 0.161 e. The van der Waals surface area contributed by atoms with E-state index < -0.39 is 0 Å². The van der Waals surface area contributed by atoms with Crippen LogP contribution in [0.4, 0.5) is 0 Å². The molecule has 0 heterocycles. The zero-order chi connectivity index (χ0) is 16.5. The van der Waals surface area contributed by atoms with Crippen LogP contribution >= 0.6 is 0 Å². The van der Waals surface area contributed by atoms with Crippen molar-refractivity contribution >= 4 is 6.21 Å².